The number of nitrogens with zero attached hydrogens (tertiary/aromatic N) is 2. The van der Waals surface area contributed by atoms with Crippen molar-refractivity contribution < 1.29 is 5.11 Å². The van der Waals surface area contributed by atoms with Crippen LogP contribution in [-0.2, 0) is 0 Å². The number of nitrogens with two attached hydrogens (primary N) is 1. The fourth-order valence-corrected chi connectivity index (χ4v) is 1.19. The van der Waals surface area contributed by atoms with Gasteiger partial charge < -0.3 is 16.2 Å². The quantitative estimate of drug-likeness (QED) is 0.643. The van der Waals surface area contributed by atoms with Crippen LogP contribution in [0.25, 0.3) is 0 Å². The molecule has 0 radical (unpaired) electrons. The summed E-state index contributed by atoms with van der Waals surface area (Å²) in [6.07, 6.45) is 3.06. The molecule has 0 amide bonds. The summed E-state index contributed by atoms with van der Waals surface area (Å²) < 4.78 is 0. The normalized spacial score (nSPS) is 12.4. The lowest BCUT2D eigenvalue weighted by Gasteiger charge is -2.15. The lowest BCUT2D eigenvalue weighted by atomic mass is 10.1. The fraction of sp³-hybridized carbons (Fsp3) is 0.556. The Kier molecular flexibility index (Phi) is 4.12. The molecule has 0 saturated carbocycles. The maximum absolute atomic E-state index is 8.80. The van der Waals surface area contributed by atoms with E-state index in [1.807, 2.05) is 0 Å². The van der Waals surface area contributed by atoms with Crippen LogP contribution in [0.2, 0.25) is 0 Å². The van der Waals surface area contributed by atoms with Gasteiger partial charge in [0.05, 0.1) is 0 Å². The Balaban J connectivity index is 2.57. The molecule has 0 fully saturated rings. The Morgan fingerprint density at radius 3 is 2.93 bits per heavy atom. The van der Waals surface area contributed by atoms with Crippen molar-refractivity contribution in [2.24, 2.45) is 0 Å². The predicted molar refractivity (Wildman–Crippen MR) is 55.8 cm³/mol. The van der Waals surface area contributed by atoms with E-state index < -0.39 is 0 Å². The van der Waals surface area contributed by atoms with Crippen LogP contribution in [0.5, 0.6) is 0 Å². The van der Waals surface area contributed by atoms with Crippen molar-refractivity contribution in [2.45, 2.75) is 25.8 Å². The molecular weight excluding hydrogens is 180 g/mol. The van der Waals surface area contributed by atoms with Gasteiger partial charge >= 0.3 is 0 Å². The van der Waals surface area contributed by atoms with Gasteiger partial charge in [-0.1, -0.05) is 6.92 Å². The SMILES string of the molecule is CCC(CCO)Nc1cc(N)ncn1. The van der Waals surface area contributed by atoms with Gasteiger partial charge in [-0.15, -0.1) is 0 Å². The molecule has 1 heterocycles. The summed E-state index contributed by atoms with van der Waals surface area (Å²) in [6, 6.07) is 1.91. The number of aromatic nitrogens is 2. The third-order valence-electron chi connectivity index (χ3n) is 2.01. The van der Waals surface area contributed by atoms with Gasteiger partial charge in [0, 0.05) is 18.7 Å². The van der Waals surface area contributed by atoms with Crippen LogP contribution in [0, 0.1) is 0 Å². The highest BCUT2D eigenvalue weighted by atomic mass is 16.3. The molecule has 5 heteroatoms. The van der Waals surface area contributed by atoms with Gasteiger partial charge in [-0.05, 0) is 12.8 Å². The van der Waals surface area contributed by atoms with Crippen molar-refractivity contribution in [3.63, 3.8) is 0 Å². The van der Waals surface area contributed by atoms with Gasteiger partial charge in [-0.2, -0.15) is 0 Å². The third-order valence-corrected chi connectivity index (χ3v) is 2.01. The monoisotopic (exact) mass is 196 g/mol. The van der Waals surface area contributed by atoms with E-state index >= 15 is 0 Å². The highest BCUT2D eigenvalue weighted by Crippen LogP contribution is 2.09. The average molecular weight is 196 g/mol. The Morgan fingerprint density at radius 1 is 1.57 bits per heavy atom. The molecule has 1 unspecified atom stereocenters. The molecule has 0 bridgehead atoms. The number of rotatable bonds is 5. The molecule has 0 saturated heterocycles. The van der Waals surface area contributed by atoms with Gasteiger partial charge in [-0.3, -0.25) is 0 Å². The summed E-state index contributed by atoms with van der Waals surface area (Å²) in [6.45, 7) is 2.23. The van der Waals surface area contributed by atoms with E-state index in [-0.39, 0.29) is 12.6 Å². The van der Waals surface area contributed by atoms with Gasteiger partial charge in [0.15, 0.2) is 0 Å². The molecule has 0 aliphatic heterocycles. The fourth-order valence-electron chi connectivity index (χ4n) is 1.19. The molecule has 14 heavy (non-hydrogen) atoms. The average Bonchev–Trinajstić information content (AvgIpc) is 2.17. The van der Waals surface area contributed by atoms with Gasteiger partial charge in [0.25, 0.3) is 0 Å². The Hall–Kier alpha value is -1.36. The highest BCUT2D eigenvalue weighted by molar-refractivity contribution is 5.43. The summed E-state index contributed by atoms with van der Waals surface area (Å²) in [5.74, 6) is 1.15. The Bertz CT molecular complexity index is 279. The molecule has 1 atom stereocenters. The Labute approximate surface area is 83.4 Å². The van der Waals surface area contributed by atoms with Crippen LogP contribution < -0.4 is 11.1 Å². The smallest absolute Gasteiger partial charge is 0.131 e. The molecule has 5 nitrogen and oxygen atoms in total. The molecule has 0 aliphatic carbocycles. The summed E-state index contributed by atoms with van der Waals surface area (Å²) in [5, 5.41) is 12.0. The second-order valence-corrected chi connectivity index (χ2v) is 3.09. The van der Waals surface area contributed by atoms with E-state index in [0.717, 1.165) is 6.42 Å². The summed E-state index contributed by atoms with van der Waals surface area (Å²) >= 11 is 0. The van der Waals surface area contributed by atoms with Crippen molar-refractivity contribution in [2.75, 3.05) is 17.7 Å². The number of anilines is 2. The van der Waals surface area contributed by atoms with Gasteiger partial charge in [0.1, 0.15) is 18.0 Å². The molecule has 0 aliphatic rings. The Morgan fingerprint density at radius 2 is 2.36 bits per heavy atom. The van der Waals surface area contributed by atoms with Crippen LogP contribution in [0.3, 0.4) is 0 Å². The van der Waals surface area contributed by atoms with E-state index in [2.05, 4.69) is 22.2 Å². The van der Waals surface area contributed by atoms with Crippen LogP contribution in [-0.4, -0.2) is 27.7 Å². The number of aliphatic hydroxyl groups excluding tert-OH is 1. The predicted octanol–water partition coefficient (Wildman–Crippen LogP) is 0.632. The van der Waals surface area contributed by atoms with Crippen LogP contribution >= 0.6 is 0 Å². The molecule has 4 N–H and O–H groups in total. The number of hydrogen-bond donors (Lipinski definition) is 3. The van der Waals surface area contributed by atoms with E-state index in [1.54, 1.807) is 6.07 Å². The van der Waals surface area contributed by atoms with Gasteiger partial charge in [0.2, 0.25) is 0 Å². The highest BCUT2D eigenvalue weighted by Gasteiger charge is 2.05. The first-order valence-electron chi connectivity index (χ1n) is 4.71. The zero-order valence-corrected chi connectivity index (χ0v) is 8.27. The standard InChI is InChI=1S/C9H16N4O/c1-2-7(3-4-14)13-9-5-8(10)11-6-12-9/h5-7,14H,2-4H2,1H3,(H3,10,11,12,13). The molecular formula is C9H16N4O. The van der Waals surface area contributed by atoms with E-state index in [0.29, 0.717) is 18.1 Å². The number of hydrogen-bond acceptors (Lipinski definition) is 5. The first kappa shape index (κ1) is 10.7. The second kappa shape index (κ2) is 5.39. The van der Waals surface area contributed by atoms with E-state index in [9.17, 15) is 0 Å². The van der Waals surface area contributed by atoms with Crippen molar-refractivity contribution in [1.82, 2.24) is 9.97 Å². The lowest BCUT2D eigenvalue weighted by Crippen LogP contribution is -2.20. The minimum Gasteiger partial charge on any atom is -0.396 e. The molecule has 0 spiro atoms. The zero-order chi connectivity index (χ0) is 10.4. The lowest BCUT2D eigenvalue weighted by molar-refractivity contribution is 0.278. The maximum Gasteiger partial charge on any atom is 0.131 e. The second-order valence-electron chi connectivity index (χ2n) is 3.09. The van der Waals surface area contributed by atoms with Gasteiger partial charge in [-0.25, -0.2) is 9.97 Å². The number of nitrogen functional groups attached to an aromatic ring is 1. The van der Waals surface area contributed by atoms with Crippen molar-refractivity contribution in [1.29, 1.82) is 0 Å². The van der Waals surface area contributed by atoms with E-state index in [4.69, 9.17) is 10.8 Å². The first-order valence-corrected chi connectivity index (χ1v) is 4.71. The molecule has 1 aromatic heterocycles. The topological polar surface area (TPSA) is 84.1 Å². The molecule has 78 valence electrons. The number of aliphatic hydroxyl groups is 1. The van der Waals surface area contributed by atoms with E-state index in [1.165, 1.54) is 6.33 Å². The zero-order valence-electron chi connectivity index (χ0n) is 8.27. The summed E-state index contributed by atoms with van der Waals surface area (Å²) in [7, 11) is 0. The minimum atomic E-state index is 0.173. The molecule has 1 aromatic rings. The maximum atomic E-state index is 8.80. The molecule has 0 aromatic carbocycles. The summed E-state index contributed by atoms with van der Waals surface area (Å²) in [5.41, 5.74) is 5.51. The van der Waals surface area contributed by atoms with Crippen molar-refractivity contribution >= 4 is 11.6 Å². The first-order chi connectivity index (χ1) is 6.76. The van der Waals surface area contributed by atoms with Crippen LogP contribution in [0.1, 0.15) is 19.8 Å². The molecule has 1 rings (SSSR count). The number of nitrogens with one attached hydrogen (secondary N) is 1. The minimum absolute atomic E-state index is 0.173. The summed E-state index contributed by atoms with van der Waals surface area (Å²) in [4.78, 5) is 7.82. The largest absolute Gasteiger partial charge is 0.396 e. The third kappa shape index (κ3) is 3.18. The van der Waals surface area contributed by atoms with Crippen molar-refractivity contribution in [3.05, 3.63) is 12.4 Å². The van der Waals surface area contributed by atoms with Crippen LogP contribution in [0.15, 0.2) is 12.4 Å². The van der Waals surface area contributed by atoms with Crippen LogP contribution in [0.4, 0.5) is 11.6 Å². The van der Waals surface area contributed by atoms with Crippen molar-refractivity contribution in [3.8, 4) is 0 Å².